The lowest BCUT2D eigenvalue weighted by Gasteiger charge is -2.17. The molecule has 4 nitrogen and oxygen atoms in total. The van der Waals surface area contributed by atoms with Gasteiger partial charge in [-0.2, -0.15) is 13.2 Å². The van der Waals surface area contributed by atoms with Gasteiger partial charge in [-0.3, -0.25) is 9.59 Å². The Kier molecular flexibility index (Phi) is 4.39. The number of carbonyl (C=O) groups excluding carboxylic acids is 2. The molecule has 0 spiro atoms. The van der Waals surface area contributed by atoms with Crippen molar-refractivity contribution < 1.29 is 31.5 Å². The quantitative estimate of drug-likeness (QED) is 0.662. The Morgan fingerprint density at radius 3 is 2.38 bits per heavy atom. The van der Waals surface area contributed by atoms with Crippen LogP contribution in [-0.4, -0.2) is 17.9 Å². The molecule has 1 aliphatic heterocycles. The monoisotopic (exact) mass is 370 g/mol. The summed E-state index contributed by atoms with van der Waals surface area (Å²) < 4.78 is 64.6. The van der Waals surface area contributed by atoms with Crippen molar-refractivity contribution in [3.63, 3.8) is 0 Å². The van der Waals surface area contributed by atoms with Gasteiger partial charge in [0.2, 0.25) is 5.91 Å². The average molecular weight is 370 g/mol. The molecule has 1 N–H and O–H groups in total. The molecule has 2 aromatic carbocycles. The molecule has 26 heavy (non-hydrogen) atoms. The number of nitrogens with zero attached hydrogens (tertiary/aromatic N) is 1. The number of nitrogens with one attached hydrogen (secondary N) is 1. The SMILES string of the molecule is O=C1CC(Nc2ccc(F)c(F)c2)C(=O)N1c1cccc(C(F)(F)F)c1. The van der Waals surface area contributed by atoms with E-state index < -0.39 is 41.2 Å². The van der Waals surface area contributed by atoms with Gasteiger partial charge in [0.15, 0.2) is 11.6 Å². The number of hydrogen-bond donors (Lipinski definition) is 1. The van der Waals surface area contributed by atoms with E-state index in [9.17, 15) is 31.5 Å². The molecule has 1 heterocycles. The zero-order valence-electron chi connectivity index (χ0n) is 13.0. The predicted octanol–water partition coefficient (Wildman–Crippen LogP) is 3.73. The topological polar surface area (TPSA) is 49.4 Å². The summed E-state index contributed by atoms with van der Waals surface area (Å²) in [6, 6.07) is 5.59. The molecule has 2 aromatic rings. The van der Waals surface area contributed by atoms with Crippen LogP contribution in [0.4, 0.5) is 33.3 Å². The fraction of sp³-hybridized carbons (Fsp3) is 0.176. The fourth-order valence-corrected chi connectivity index (χ4v) is 2.62. The van der Waals surface area contributed by atoms with E-state index in [1.807, 2.05) is 0 Å². The molecular formula is C17H11F5N2O2. The van der Waals surface area contributed by atoms with Crippen molar-refractivity contribution in [1.29, 1.82) is 0 Å². The highest BCUT2D eigenvalue weighted by Gasteiger charge is 2.40. The fourth-order valence-electron chi connectivity index (χ4n) is 2.62. The smallest absolute Gasteiger partial charge is 0.373 e. The van der Waals surface area contributed by atoms with Crippen LogP contribution in [0, 0.1) is 11.6 Å². The third kappa shape index (κ3) is 3.37. The minimum Gasteiger partial charge on any atom is -0.373 e. The second-order valence-electron chi connectivity index (χ2n) is 5.65. The number of amides is 2. The first-order chi connectivity index (χ1) is 12.2. The maximum atomic E-state index is 13.2. The zero-order chi connectivity index (χ0) is 19.1. The third-order valence-electron chi connectivity index (χ3n) is 3.84. The minimum atomic E-state index is -4.62. The van der Waals surface area contributed by atoms with E-state index in [0.29, 0.717) is 11.0 Å². The maximum absolute atomic E-state index is 13.2. The third-order valence-corrected chi connectivity index (χ3v) is 3.84. The molecule has 136 valence electrons. The molecule has 0 aromatic heterocycles. The predicted molar refractivity (Wildman–Crippen MR) is 82.3 cm³/mol. The largest absolute Gasteiger partial charge is 0.416 e. The first-order valence-corrected chi connectivity index (χ1v) is 7.42. The Morgan fingerprint density at radius 2 is 1.73 bits per heavy atom. The van der Waals surface area contributed by atoms with Crippen molar-refractivity contribution >= 4 is 23.2 Å². The number of halogens is 5. The second-order valence-corrected chi connectivity index (χ2v) is 5.65. The molecule has 1 saturated heterocycles. The molecule has 0 saturated carbocycles. The lowest BCUT2D eigenvalue weighted by molar-refractivity contribution is -0.137. The van der Waals surface area contributed by atoms with E-state index in [1.54, 1.807) is 0 Å². The summed E-state index contributed by atoms with van der Waals surface area (Å²) in [7, 11) is 0. The van der Waals surface area contributed by atoms with Crippen molar-refractivity contribution in [2.45, 2.75) is 18.6 Å². The zero-order valence-corrected chi connectivity index (χ0v) is 13.0. The molecule has 1 unspecified atom stereocenters. The van der Waals surface area contributed by atoms with Crippen molar-refractivity contribution in [2.75, 3.05) is 10.2 Å². The number of hydrogen-bond acceptors (Lipinski definition) is 3. The van der Waals surface area contributed by atoms with Gasteiger partial charge in [-0.1, -0.05) is 6.07 Å². The number of benzene rings is 2. The number of rotatable bonds is 3. The van der Waals surface area contributed by atoms with Crippen LogP contribution in [0.15, 0.2) is 42.5 Å². The Balaban J connectivity index is 1.84. The van der Waals surface area contributed by atoms with Crippen LogP contribution in [0.5, 0.6) is 0 Å². The normalized spacial score (nSPS) is 17.7. The van der Waals surface area contributed by atoms with Crippen molar-refractivity contribution in [3.8, 4) is 0 Å². The molecule has 1 fully saturated rings. The lowest BCUT2D eigenvalue weighted by atomic mass is 10.2. The van der Waals surface area contributed by atoms with Gasteiger partial charge in [-0.25, -0.2) is 13.7 Å². The molecule has 1 atom stereocenters. The second kappa shape index (κ2) is 6.40. The molecule has 0 radical (unpaired) electrons. The first-order valence-electron chi connectivity index (χ1n) is 7.42. The van der Waals surface area contributed by atoms with Gasteiger partial charge < -0.3 is 5.32 Å². The van der Waals surface area contributed by atoms with Crippen LogP contribution in [0.25, 0.3) is 0 Å². The van der Waals surface area contributed by atoms with Crippen LogP contribution in [-0.2, 0) is 15.8 Å². The van der Waals surface area contributed by atoms with E-state index in [0.717, 1.165) is 24.3 Å². The summed E-state index contributed by atoms with van der Waals surface area (Å²) >= 11 is 0. The summed E-state index contributed by atoms with van der Waals surface area (Å²) in [4.78, 5) is 25.2. The number of anilines is 2. The van der Waals surface area contributed by atoms with Crippen molar-refractivity contribution in [2.24, 2.45) is 0 Å². The summed E-state index contributed by atoms with van der Waals surface area (Å²) in [6.07, 6.45) is -4.95. The van der Waals surface area contributed by atoms with Crippen LogP contribution < -0.4 is 10.2 Å². The molecule has 0 aliphatic carbocycles. The van der Waals surface area contributed by atoms with E-state index in [1.165, 1.54) is 12.1 Å². The summed E-state index contributed by atoms with van der Waals surface area (Å²) in [6.45, 7) is 0. The highest BCUT2D eigenvalue weighted by Crippen LogP contribution is 2.33. The highest BCUT2D eigenvalue weighted by atomic mass is 19.4. The molecule has 3 rings (SSSR count). The summed E-state index contributed by atoms with van der Waals surface area (Å²) in [5.41, 5.74) is -1.13. The van der Waals surface area contributed by atoms with E-state index in [4.69, 9.17) is 0 Å². The molecule has 9 heteroatoms. The Morgan fingerprint density at radius 1 is 1.00 bits per heavy atom. The van der Waals surface area contributed by atoms with Gasteiger partial charge in [0.05, 0.1) is 17.7 Å². The van der Waals surface area contributed by atoms with E-state index >= 15 is 0 Å². The van der Waals surface area contributed by atoms with Gasteiger partial charge in [0, 0.05) is 11.8 Å². The lowest BCUT2D eigenvalue weighted by Crippen LogP contribution is -2.35. The van der Waals surface area contributed by atoms with Crippen molar-refractivity contribution in [1.82, 2.24) is 0 Å². The van der Waals surface area contributed by atoms with Crippen LogP contribution in [0.3, 0.4) is 0 Å². The van der Waals surface area contributed by atoms with Gasteiger partial charge in [-0.05, 0) is 30.3 Å². The molecule has 2 amide bonds. The first kappa shape index (κ1) is 17.8. The Hall–Kier alpha value is -2.97. The average Bonchev–Trinajstić information content (AvgIpc) is 2.84. The van der Waals surface area contributed by atoms with Crippen LogP contribution >= 0.6 is 0 Å². The molecule has 1 aliphatic rings. The number of imide groups is 1. The standard InChI is InChI=1S/C17H11F5N2O2/c18-12-5-4-10(7-13(12)19)23-14-8-15(25)24(16(14)26)11-3-1-2-9(6-11)17(20,21)22/h1-7,14,23H,8H2. The van der Waals surface area contributed by atoms with Crippen molar-refractivity contribution in [3.05, 3.63) is 59.7 Å². The molecule has 0 bridgehead atoms. The Bertz CT molecular complexity index is 882. The van der Waals surface area contributed by atoms with E-state index in [-0.39, 0.29) is 17.8 Å². The maximum Gasteiger partial charge on any atom is 0.416 e. The minimum absolute atomic E-state index is 0.0703. The van der Waals surface area contributed by atoms with Gasteiger partial charge in [0.1, 0.15) is 6.04 Å². The highest BCUT2D eigenvalue weighted by molar-refractivity contribution is 6.23. The Labute approximate surface area is 144 Å². The van der Waals surface area contributed by atoms with Crippen LogP contribution in [0.1, 0.15) is 12.0 Å². The summed E-state index contributed by atoms with van der Waals surface area (Å²) in [5, 5.41) is 2.59. The van der Waals surface area contributed by atoms with Gasteiger partial charge in [0.25, 0.3) is 5.91 Å². The van der Waals surface area contributed by atoms with Gasteiger partial charge in [-0.15, -0.1) is 0 Å². The number of carbonyl (C=O) groups is 2. The number of alkyl halides is 3. The van der Waals surface area contributed by atoms with E-state index in [2.05, 4.69) is 5.32 Å². The van der Waals surface area contributed by atoms with Gasteiger partial charge >= 0.3 is 6.18 Å². The summed E-state index contributed by atoms with van der Waals surface area (Å²) in [5.74, 6) is -3.69. The van der Waals surface area contributed by atoms with Crippen LogP contribution in [0.2, 0.25) is 0 Å². The molecular weight excluding hydrogens is 359 g/mol.